The molecule has 4 heterocycles. The zero-order chi connectivity index (χ0) is 64.6. The van der Waals surface area contributed by atoms with Gasteiger partial charge in [-0.3, -0.25) is 0 Å². The summed E-state index contributed by atoms with van der Waals surface area (Å²) in [7, 11) is 0. The van der Waals surface area contributed by atoms with Crippen molar-refractivity contribution in [3.8, 4) is 34.4 Å². The van der Waals surface area contributed by atoms with Crippen LogP contribution in [0, 0.1) is 22.7 Å². The van der Waals surface area contributed by atoms with E-state index >= 15 is 0 Å². The molecule has 2 fully saturated rings. The molecule has 4 bridgehead atoms. The molecule has 10 aliphatic rings. The van der Waals surface area contributed by atoms with Crippen LogP contribution in [0.5, 0.6) is 0 Å². The predicted molar refractivity (Wildman–Crippen MR) is 385 cm³/mol. The minimum atomic E-state index is -0.0467. The summed E-state index contributed by atoms with van der Waals surface area (Å²) < 4.78 is 5.33. The van der Waals surface area contributed by atoms with Crippen LogP contribution in [0.3, 0.4) is 0 Å². The second kappa shape index (κ2) is 15.9. The first-order chi connectivity index (χ1) is 42.8. The molecule has 10 aliphatic carbocycles. The van der Waals surface area contributed by atoms with Gasteiger partial charge in [0, 0.05) is 43.1 Å². The summed E-state index contributed by atoms with van der Waals surface area (Å²) in [6, 6.07) is 31.8. The number of hydrogen-bond acceptors (Lipinski definition) is 2. The maximum absolute atomic E-state index is 11.6. The second-order valence-corrected chi connectivity index (χ2v) is 39.0. The van der Waals surface area contributed by atoms with Gasteiger partial charge in [0.05, 0.1) is 56.4 Å². The van der Waals surface area contributed by atoms with Crippen molar-refractivity contribution in [3.63, 3.8) is 0 Å². The highest BCUT2D eigenvalue weighted by Gasteiger charge is 2.56. The van der Waals surface area contributed by atoms with E-state index in [9.17, 15) is 10.5 Å². The first kappa shape index (κ1) is 56.6. The molecule has 7 aromatic carbocycles. The van der Waals surface area contributed by atoms with Crippen molar-refractivity contribution in [2.75, 3.05) is 0 Å². The molecule has 11 aromatic rings. The maximum atomic E-state index is 11.6. The topological polar surface area (TPSA) is 56.4 Å². The lowest BCUT2D eigenvalue weighted by atomic mass is 9.51. The Balaban J connectivity index is 1.03. The second-order valence-electron chi connectivity index (χ2n) is 39.0. The summed E-state index contributed by atoms with van der Waals surface area (Å²) in [4.78, 5) is 0. The fourth-order valence-electron chi connectivity index (χ4n) is 25.6. The Hall–Kier alpha value is -6.88. The zero-order valence-corrected chi connectivity index (χ0v) is 59.0. The summed E-state index contributed by atoms with van der Waals surface area (Å²) in [5.41, 5.74) is 32.4. The van der Waals surface area contributed by atoms with Gasteiger partial charge in [-0.15, -0.1) is 0 Å². The van der Waals surface area contributed by atoms with Gasteiger partial charge < -0.3 is 8.80 Å². The van der Waals surface area contributed by atoms with Crippen molar-refractivity contribution < 1.29 is 0 Å². The van der Waals surface area contributed by atoms with E-state index in [4.69, 9.17) is 0 Å². The van der Waals surface area contributed by atoms with Crippen molar-refractivity contribution in [1.29, 1.82) is 10.5 Å². The number of rotatable bonds is 2. The number of hydrogen-bond donors (Lipinski definition) is 0. The molecular weight excluding hydrogens is 1110 g/mol. The average Bonchev–Trinajstić information content (AvgIpc) is 1.44. The van der Waals surface area contributed by atoms with Gasteiger partial charge in [-0.2, -0.15) is 10.5 Å². The van der Waals surface area contributed by atoms with Gasteiger partial charge in [0.15, 0.2) is 0 Å². The molecule has 4 aromatic heterocycles. The van der Waals surface area contributed by atoms with Gasteiger partial charge >= 0.3 is 0 Å². The molecule has 0 amide bonds. The van der Waals surface area contributed by atoms with Crippen LogP contribution in [0.4, 0.5) is 0 Å². The zero-order valence-electron chi connectivity index (χ0n) is 59.0. The molecule has 92 heavy (non-hydrogen) atoms. The summed E-state index contributed by atoms with van der Waals surface area (Å²) in [6.07, 6.45) is 13.5. The SMILES string of the molecule is CC1(C)CC(C)(C)c2c1cc1c(c2-c2cc3c4cc5c(cc4n4c6cc(C#N)c7c(c6c(c2)c34)C2(C)CCC7(C)CC2)c2cc(-c3c4c(cc6c3C(C)(C)CC6(C)C)C(C)(C)CC4(C)C)cc3c4c6c(c(C#N)cc4n5c23)C2(C)CCC6(C)CC2)C(C)(C)CC1(C)C. The lowest BCUT2D eigenvalue weighted by Gasteiger charge is -2.52. The molecule has 0 atom stereocenters. The van der Waals surface area contributed by atoms with E-state index in [1.165, 1.54) is 143 Å². The van der Waals surface area contributed by atoms with E-state index in [0.717, 1.165) is 88.2 Å². The Morgan fingerprint density at radius 3 is 0.837 bits per heavy atom. The molecule has 0 unspecified atom stereocenters. The van der Waals surface area contributed by atoms with Gasteiger partial charge in [-0.25, -0.2) is 0 Å². The Morgan fingerprint density at radius 1 is 0.283 bits per heavy atom. The largest absolute Gasteiger partial charge is 0.308 e. The molecule has 466 valence electrons. The Bertz CT molecular complexity index is 5030. The van der Waals surface area contributed by atoms with Crippen molar-refractivity contribution in [1.82, 2.24) is 8.80 Å². The standard InChI is InChI=1S/C88H94N4/c1-77(2)41-81(9,10)69-55(77)37-56-70(82(11,12)42-78(56,3)4)63(69)45-29-51-49-35-60-50(36-59(49)91-61-33-47(39-89)67-73(65(61)53(31-45)75(51)91)87(19)25-21-85(67,17)22-26-87)52-30-46(64-71-57(79(5,6)43-83(71,13)14)38-58-72(64)84(15,16)44-80(58,7)8)32-54-66-62(92(60)76(52)54)34-48(40-90)68-74(66)88(20)27-23-86(68,18)24-28-88/h29-38H,21-28,41-44H2,1-20H3. The van der Waals surface area contributed by atoms with Gasteiger partial charge in [0.2, 0.25) is 0 Å². The normalized spacial score (nSPS) is 28.1. The number of benzene rings is 7. The summed E-state index contributed by atoms with van der Waals surface area (Å²) in [5, 5.41) is 33.8. The third-order valence-corrected chi connectivity index (χ3v) is 28.4. The van der Waals surface area contributed by atoms with E-state index in [0.29, 0.717) is 0 Å². The first-order valence-electron chi connectivity index (χ1n) is 35.7. The maximum Gasteiger partial charge on any atom is 0.0995 e. The van der Waals surface area contributed by atoms with Crippen molar-refractivity contribution in [3.05, 3.63) is 139 Å². The number of nitrogens with zero attached hydrogens (tertiary/aromatic N) is 4. The van der Waals surface area contributed by atoms with E-state index in [1.54, 1.807) is 22.3 Å². The Labute approximate surface area is 545 Å². The molecule has 0 N–H and O–H groups in total. The van der Waals surface area contributed by atoms with Crippen molar-refractivity contribution in [2.45, 2.75) is 281 Å². The minimum Gasteiger partial charge on any atom is -0.308 e. The van der Waals surface area contributed by atoms with E-state index < -0.39 is 0 Å². The fourth-order valence-corrected chi connectivity index (χ4v) is 25.6. The number of fused-ring (bicyclic) bond motifs is 20. The molecule has 0 aliphatic heterocycles. The van der Waals surface area contributed by atoms with Crippen LogP contribution >= 0.6 is 0 Å². The minimum absolute atomic E-state index is 0.0187. The third kappa shape index (κ3) is 6.35. The summed E-state index contributed by atoms with van der Waals surface area (Å²) >= 11 is 0. The van der Waals surface area contributed by atoms with E-state index in [1.807, 2.05) is 0 Å². The lowest BCUT2D eigenvalue weighted by Crippen LogP contribution is -2.45. The van der Waals surface area contributed by atoms with Crippen LogP contribution in [-0.4, -0.2) is 8.80 Å². The van der Waals surface area contributed by atoms with Crippen LogP contribution in [0.2, 0.25) is 0 Å². The van der Waals surface area contributed by atoms with Crippen molar-refractivity contribution in [2.24, 2.45) is 0 Å². The molecule has 21 rings (SSSR count). The highest BCUT2D eigenvalue weighted by molar-refractivity contribution is 6.31. The van der Waals surface area contributed by atoms with Gasteiger partial charge in [-0.05, 0) is 280 Å². The van der Waals surface area contributed by atoms with Crippen LogP contribution in [0.25, 0.3) is 98.4 Å². The highest BCUT2D eigenvalue weighted by atomic mass is 14.9. The molecule has 0 saturated heterocycles. The number of nitriles is 2. The highest BCUT2D eigenvalue weighted by Crippen LogP contribution is 2.67. The van der Waals surface area contributed by atoms with Crippen LogP contribution in [0.1, 0.15) is 293 Å². The van der Waals surface area contributed by atoms with Crippen LogP contribution in [0.15, 0.2) is 60.7 Å². The molecule has 0 spiro atoms. The first-order valence-corrected chi connectivity index (χ1v) is 35.7. The van der Waals surface area contributed by atoms with Gasteiger partial charge in [-0.1, -0.05) is 151 Å². The van der Waals surface area contributed by atoms with E-state index in [-0.39, 0.29) is 65.0 Å². The molecule has 2 saturated carbocycles. The summed E-state index contributed by atoms with van der Waals surface area (Å²) in [6.45, 7) is 50.5. The summed E-state index contributed by atoms with van der Waals surface area (Å²) in [5.74, 6) is 0. The molecular formula is C88H94N4. The average molecular weight is 1210 g/mol. The molecule has 4 nitrogen and oxygen atoms in total. The van der Waals surface area contributed by atoms with Gasteiger partial charge in [0.25, 0.3) is 0 Å². The molecule has 0 radical (unpaired) electrons. The van der Waals surface area contributed by atoms with Crippen LogP contribution in [-0.2, 0) is 65.0 Å². The molecule has 4 heteroatoms. The lowest BCUT2D eigenvalue weighted by molar-refractivity contribution is 0.189. The Kier molecular flexibility index (Phi) is 9.80. The quantitative estimate of drug-likeness (QED) is 0.173. The van der Waals surface area contributed by atoms with Gasteiger partial charge in [0.1, 0.15) is 0 Å². The van der Waals surface area contributed by atoms with Crippen molar-refractivity contribution >= 4 is 76.2 Å². The van der Waals surface area contributed by atoms with Crippen LogP contribution < -0.4 is 0 Å². The number of aromatic nitrogens is 2. The third-order valence-electron chi connectivity index (χ3n) is 28.4. The van der Waals surface area contributed by atoms with E-state index in [2.05, 4.69) is 220 Å². The Morgan fingerprint density at radius 2 is 0.554 bits per heavy atom. The monoisotopic (exact) mass is 1210 g/mol. The predicted octanol–water partition coefficient (Wildman–Crippen LogP) is 23.1. The fraction of sp³-hybridized carbons (Fsp3) is 0.500. The smallest absolute Gasteiger partial charge is 0.0995 e.